The number of nitrogens with one attached hydrogen (secondary N) is 1. The highest BCUT2D eigenvalue weighted by Gasteiger charge is 2.16. The van der Waals surface area contributed by atoms with E-state index in [1.54, 1.807) is 18.2 Å². The molecule has 0 saturated carbocycles. The molecule has 21 heavy (non-hydrogen) atoms. The van der Waals surface area contributed by atoms with Crippen molar-refractivity contribution in [3.63, 3.8) is 0 Å². The van der Waals surface area contributed by atoms with Crippen LogP contribution in [0.15, 0.2) is 49.5 Å². The minimum Gasteiger partial charge on any atom is -0.493 e. The first-order valence-electron chi connectivity index (χ1n) is 5.89. The molecule has 2 aromatic heterocycles. The van der Waals surface area contributed by atoms with Crippen molar-refractivity contribution < 1.29 is 5.11 Å². The first-order valence-corrected chi connectivity index (χ1v) is 8.35. The molecule has 0 bridgehead atoms. The second kappa shape index (κ2) is 5.75. The van der Waals surface area contributed by atoms with Gasteiger partial charge in [-0.3, -0.25) is 4.79 Å². The molecule has 0 atom stereocenters. The molecule has 0 unspecified atom stereocenters. The van der Waals surface area contributed by atoms with Crippen molar-refractivity contribution in [3.8, 4) is 27.7 Å². The molecule has 3 aromatic rings. The summed E-state index contributed by atoms with van der Waals surface area (Å²) >= 11 is 8.15. The van der Waals surface area contributed by atoms with E-state index in [4.69, 9.17) is 0 Å². The molecule has 0 spiro atoms. The molecule has 0 aliphatic carbocycles. The van der Waals surface area contributed by atoms with Gasteiger partial charge in [-0.25, -0.2) is 0 Å². The number of aromatic hydroxyl groups is 1. The van der Waals surface area contributed by atoms with Gasteiger partial charge in [0, 0.05) is 19.9 Å². The molecule has 0 radical (unpaired) electrons. The van der Waals surface area contributed by atoms with Crippen molar-refractivity contribution >= 4 is 43.2 Å². The Morgan fingerprint density at radius 1 is 1.24 bits per heavy atom. The van der Waals surface area contributed by atoms with Gasteiger partial charge in [-0.1, -0.05) is 34.1 Å². The maximum absolute atomic E-state index is 12.3. The van der Waals surface area contributed by atoms with Crippen LogP contribution in [-0.2, 0) is 0 Å². The molecule has 0 aliphatic heterocycles. The van der Waals surface area contributed by atoms with Crippen LogP contribution in [0.3, 0.4) is 0 Å². The molecule has 106 valence electrons. The van der Waals surface area contributed by atoms with Crippen LogP contribution in [0.4, 0.5) is 0 Å². The summed E-state index contributed by atoms with van der Waals surface area (Å²) in [6, 6.07) is 9.02. The number of aromatic nitrogens is 2. The first kappa shape index (κ1) is 14.5. The van der Waals surface area contributed by atoms with Crippen molar-refractivity contribution in [1.82, 2.24) is 9.97 Å². The third kappa shape index (κ3) is 2.81. The van der Waals surface area contributed by atoms with E-state index in [1.807, 2.05) is 17.5 Å². The number of benzene rings is 1. The Morgan fingerprint density at radius 2 is 2.00 bits per heavy atom. The normalized spacial score (nSPS) is 10.8. The van der Waals surface area contributed by atoms with E-state index in [0.29, 0.717) is 11.4 Å². The van der Waals surface area contributed by atoms with E-state index >= 15 is 0 Å². The lowest BCUT2D eigenvalue weighted by Crippen LogP contribution is -2.12. The molecular formula is C14H8Br2N2O2S. The predicted molar refractivity (Wildman–Crippen MR) is 90.7 cm³/mol. The Labute approximate surface area is 140 Å². The SMILES string of the molecule is O=c1[nH]c(-c2cc(Br)cs2)nc(O)c1-c1ccccc1Br. The smallest absolute Gasteiger partial charge is 0.263 e. The zero-order valence-electron chi connectivity index (χ0n) is 10.4. The second-order valence-corrected chi connectivity index (χ2v) is 6.90. The maximum Gasteiger partial charge on any atom is 0.263 e. The zero-order chi connectivity index (χ0) is 15.0. The summed E-state index contributed by atoms with van der Waals surface area (Å²) in [4.78, 5) is 19.9. The average Bonchev–Trinajstić information content (AvgIpc) is 2.87. The van der Waals surface area contributed by atoms with Crippen LogP contribution in [0.1, 0.15) is 0 Å². The summed E-state index contributed by atoms with van der Waals surface area (Å²) in [5.74, 6) is 0.0641. The largest absolute Gasteiger partial charge is 0.493 e. The molecule has 1 aromatic carbocycles. The van der Waals surface area contributed by atoms with E-state index in [-0.39, 0.29) is 17.0 Å². The molecule has 0 fully saturated rings. The van der Waals surface area contributed by atoms with E-state index in [1.165, 1.54) is 11.3 Å². The fraction of sp³-hybridized carbons (Fsp3) is 0. The molecule has 0 aliphatic rings. The van der Waals surface area contributed by atoms with Crippen molar-refractivity contribution in [1.29, 1.82) is 0 Å². The average molecular weight is 428 g/mol. The Bertz CT molecular complexity index is 873. The number of H-pyrrole nitrogens is 1. The van der Waals surface area contributed by atoms with E-state index in [9.17, 15) is 9.90 Å². The first-order chi connectivity index (χ1) is 10.1. The molecule has 2 N–H and O–H groups in total. The van der Waals surface area contributed by atoms with Gasteiger partial charge >= 0.3 is 0 Å². The molecule has 0 amide bonds. The fourth-order valence-corrected chi connectivity index (χ4v) is 3.78. The highest BCUT2D eigenvalue weighted by molar-refractivity contribution is 9.10. The number of halogens is 2. The van der Waals surface area contributed by atoms with Gasteiger partial charge in [-0.2, -0.15) is 4.98 Å². The third-order valence-corrected chi connectivity index (χ3v) is 5.23. The lowest BCUT2D eigenvalue weighted by Gasteiger charge is -2.06. The van der Waals surface area contributed by atoms with E-state index in [0.717, 1.165) is 13.8 Å². The highest BCUT2D eigenvalue weighted by atomic mass is 79.9. The number of thiophene rings is 1. The molecule has 2 heterocycles. The van der Waals surface area contributed by atoms with Crippen LogP contribution in [0.2, 0.25) is 0 Å². The van der Waals surface area contributed by atoms with Gasteiger partial charge in [0.1, 0.15) is 5.56 Å². The minimum atomic E-state index is -0.381. The quantitative estimate of drug-likeness (QED) is 0.637. The van der Waals surface area contributed by atoms with Crippen LogP contribution in [0, 0.1) is 0 Å². The molecule has 0 saturated heterocycles. The van der Waals surface area contributed by atoms with Crippen LogP contribution in [0.25, 0.3) is 21.8 Å². The van der Waals surface area contributed by atoms with Gasteiger partial charge < -0.3 is 10.1 Å². The zero-order valence-corrected chi connectivity index (χ0v) is 14.4. The fourth-order valence-electron chi connectivity index (χ4n) is 1.92. The van der Waals surface area contributed by atoms with E-state index in [2.05, 4.69) is 41.8 Å². The van der Waals surface area contributed by atoms with Gasteiger partial charge in [0.2, 0.25) is 5.88 Å². The Balaban J connectivity index is 2.18. The summed E-state index contributed by atoms with van der Waals surface area (Å²) in [7, 11) is 0. The number of rotatable bonds is 2. The molecule has 4 nitrogen and oxygen atoms in total. The predicted octanol–water partition coefficient (Wildman–Crippen LogP) is 4.40. The standard InChI is InChI=1S/C14H8Br2N2O2S/c15-7-5-10(21-6-7)12-17-13(19)11(14(20)18-12)8-3-1-2-4-9(8)16/h1-6H,(H2,17,18,19,20). The van der Waals surface area contributed by atoms with Crippen LogP contribution >= 0.6 is 43.2 Å². The highest BCUT2D eigenvalue weighted by Crippen LogP contribution is 2.33. The Hall–Kier alpha value is -1.44. The summed E-state index contributed by atoms with van der Waals surface area (Å²) in [5.41, 5.74) is 0.374. The Kier molecular flexibility index (Phi) is 3.97. The van der Waals surface area contributed by atoms with Gasteiger partial charge in [0.25, 0.3) is 5.56 Å². The molecule has 3 rings (SSSR count). The van der Waals surface area contributed by atoms with Crippen LogP contribution in [0.5, 0.6) is 5.88 Å². The lowest BCUT2D eigenvalue weighted by molar-refractivity contribution is 0.454. The summed E-state index contributed by atoms with van der Waals surface area (Å²) in [6.07, 6.45) is 0. The topological polar surface area (TPSA) is 66.0 Å². The Morgan fingerprint density at radius 3 is 2.62 bits per heavy atom. The number of nitrogens with zero attached hydrogens (tertiary/aromatic N) is 1. The van der Waals surface area contributed by atoms with Crippen molar-refractivity contribution in [2.75, 3.05) is 0 Å². The molecule has 7 heteroatoms. The summed E-state index contributed by atoms with van der Waals surface area (Å²) in [5, 5.41) is 12.0. The van der Waals surface area contributed by atoms with Crippen molar-refractivity contribution in [2.45, 2.75) is 0 Å². The monoisotopic (exact) mass is 426 g/mol. The minimum absolute atomic E-state index is 0.154. The van der Waals surface area contributed by atoms with Crippen LogP contribution in [-0.4, -0.2) is 15.1 Å². The number of aromatic amines is 1. The van der Waals surface area contributed by atoms with Crippen LogP contribution < -0.4 is 5.56 Å². The molecular weight excluding hydrogens is 420 g/mol. The van der Waals surface area contributed by atoms with Gasteiger partial charge in [-0.15, -0.1) is 11.3 Å². The van der Waals surface area contributed by atoms with E-state index < -0.39 is 0 Å². The van der Waals surface area contributed by atoms with Gasteiger partial charge in [0.15, 0.2) is 5.82 Å². The number of hydrogen-bond donors (Lipinski definition) is 2. The second-order valence-electron chi connectivity index (χ2n) is 4.22. The van der Waals surface area contributed by atoms with Crippen molar-refractivity contribution in [2.24, 2.45) is 0 Å². The van der Waals surface area contributed by atoms with Crippen molar-refractivity contribution in [3.05, 3.63) is 55.0 Å². The summed E-state index contributed by atoms with van der Waals surface area (Å²) in [6.45, 7) is 0. The number of hydrogen-bond acceptors (Lipinski definition) is 4. The summed E-state index contributed by atoms with van der Waals surface area (Å²) < 4.78 is 1.62. The maximum atomic E-state index is 12.3. The van der Waals surface area contributed by atoms with Gasteiger partial charge in [0.05, 0.1) is 4.88 Å². The van der Waals surface area contributed by atoms with Gasteiger partial charge in [-0.05, 0) is 28.1 Å². The lowest BCUT2D eigenvalue weighted by atomic mass is 10.1. The third-order valence-electron chi connectivity index (χ3n) is 2.84.